The summed E-state index contributed by atoms with van der Waals surface area (Å²) in [6.45, 7) is 11.7. The van der Waals surface area contributed by atoms with Gasteiger partial charge in [0.2, 0.25) is 0 Å². The van der Waals surface area contributed by atoms with Gasteiger partial charge in [-0.3, -0.25) is 0 Å². The van der Waals surface area contributed by atoms with E-state index in [4.69, 9.17) is 20.9 Å². The van der Waals surface area contributed by atoms with Crippen LogP contribution in [0.1, 0.15) is 148 Å². The van der Waals surface area contributed by atoms with E-state index < -0.39 is 5.97 Å². The van der Waals surface area contributed by atoms with Crippen LogP contribution in [0.5, 0.6) is 11.5 Å². The van der Waals surface area contributed by atoms with E-state index in [1.807, 2.05) is 24.3 Å². The van der Waals surface area contributed by atoms with E-state index in [1.165, 1.54) is 95.1 Å². The summed E-state index contributed by atoms with van der Waals surface area (Å²) in [6.07, 6.45) is 26.6. The van der Waals surface area contributed by atoms with Crippen LogP contribution in [0.2, 0.25) is 0 Å². The quantitative estimate of drug-likeness (QED) is 0.0798. The first kappa shape index (κ1) is 40.5. The number of benzene rings is 2. The fourth-order valence-corrected chi connectivity index (χ4v) is 12.5. The molecule has 0 aromatic heterocycles. The van der Waals surface area contributed by atoms with Gasteiger partial charge < -0.3 is 26.0 Å². The SMILES string of the molecule is CC(CCC[C@@H](C)[C@H]1CC[C@H]2[C@@H]3CCC4CCCC[C@]4(C)[C@H]3CC[C@]12C)Cc1cc(C=CC(=O)O)ccc1OCCCCCCOc1ccc(N)cc1N. The second kappa shape index (κ2) is 18.2. The topological polar surface area (TPSA) is 108 Å². The minimum absolute atomic E-state index is 0.530. The van der Waals surface area contributed by atoms with Crippen molar-refractivity contribution in [3.05, 3.63) is 53.6 Å². The summed E-state index contributed by atoms with van der Waals surface area (Å²) >= 11 is 0. The van der Waals surface area contributed by atoms with Gasteiger partial charge in [-0.25, -0.2) is 4.79 Å². The van der Waals surface area contributed by atoms with Crippen molar-refractivity contribution in [1.29, 1.82) is 0 Å². The summed E-state index contributed by atoms with van der Waals surface area (Å²) in [5.74, 6) is 6.83. The van der Waals surface area contributed by atoms with Crippen LogP contribution in [-0.4, -0.2) is 24.3 Å². The molecule has 0 heterocycles. The predicted octanol–water partition coefficient (Wildman–Crippen LogP) is 12.0. The van der Waals surface area contributed by atoms with Gasteiger partial charge in [0.1, 0.15) is 11.5 Å². The Balaban J connectivity index is 0.959. The number of carboxylic acid groups (broad SMARTS) is 1. The molecule has 54 heavy (non-hydrogen) atoms. The summed E-state index contributed by atoms with van der Waals surface area (Å²) in [4.78, 5) is 11.2. The highest BCUT2D eigenvalue weighted by molar-refractivity contribution is 5.85. The predicted molar refractivity (Wildman–Crippen MR) is 224 cm³/mol. The van der Waals surface area contributed by atoms with Gasteiger partial charge >= 0.3 is 5.97 Å². The van der Waals surface area contributed by atoms with E-state index in [-0.39, 0.29) is 0 Å². The summed E-state index contributed by atoms with van der Waals surface area (Å²) < 4.78 is 12.2. The largest absolute Gasteiger partial charge is 0.493 e. The summed E-state index contributed by atoms with van der Waals surface area (Å²) in [7, 11) is 0. The number of ether oxygens (including phenoxy) is 2. The molecule has 6 heteroatoms. The van der Waals surface area contributed by atoms with Crippen molar-refractivity contribution in [3.8, 4) is 11.5 Å². The van der Waals surface area contributed by atoms with Crippen LogP contribution in [0.3, 0.4) is 0 Å². The molecule has 2 unspecified atom stereocenters. The molecule has 298 valence electrons. The Hall–Kier alpha value is -3.15. The number of rotatable bonds is 18. The Morgan fingerprint density at radius 1 is 0.815 bits per heavy atom. The van der Waals surface area contributed by atoms with Crippen molar-refractivity contribution in [2.75, 3.05) is 24.7 Å². The van der Waals surface area contributed by atoms with E-state index in [2.05, 4.69) is 33.8 Å². The van der Waals surface area contributed by atoms with Crippen LogP contribution < -0.4 is 20.9 Å². The number of hydrogen-bond donors (Lipinski definition) is 3. The molecule has 4 aliphatic carbocycles. The monoisotopic (exact) mass is 741 g/mol. The third kappa shape index (κ3) is 9.44. The maximum absolute atomic E-state index is 11.2. The number of nitrogen functional groups attached to an aromatic ring is 2. The molecule has 4 aliphatic rings. The van der Waals surface area contributed by atoms with Crippen molar-refractivity contribution in [2.45, 2.75) is 143 Å². The lowest BCUT2D eigenvalue weighted by atomic mass is 9.44. The van der Waals surface area contributed by atoms with Crippen LogP contribution in [0.25, 0.3) is 6.08 Å². The molecule has 0 radical (unpaired) electrons. The second-order valence-electron chi connectivity index (χ2n) is 18.8. The molecule has 6 rings (SSSR count). The minimum Gasteiger partial charge on any atom is -0.493 e. The molecular formula is C48H72N2O4. The van der Waals surface area contributed by atoms with Gasteiger partial charge in [-0.2, -0.15) is 0 Å². The van der Waals surface area contributed by atoms with Crippen molar-refractivity contribution < 1.29 is 19.4 Å². The first-order chi connectivity index (χ1) is 26.0. The number of carboxylic acids is 1. The number of aliphatic carboxylic acids is 1. The van der Waals surface area contributed by atoms with Crippen LogP contribution in [0.4, 0.5) is 11.4 Å². The summed E-state index contributed by atoms with van der Waals surface area (Å²) in [5.41, 5.74) is 16.3. The first-order valence-corrected chi connectivity index (χ1v) is 21.9. The lowest BCUT2D eigenvalue weighted by Gasteiger charge is -2.61. The molecule has 9 atom stereocenters. The molecule has 4 saturated carbocycles. The number of nitrogens with two attached hydrogens (primary N) is 2. The zero-order valence-corrected chi connectivity index (χ0v) is 34.1. The number of unbranched alkanes of at least 4 members (excludes halogenated alkanes) is 3. The molecular weight excluding hydrogens is 669 g/mol. The maximum Gasteiger partial charge on any atom is 0.328 e. The Kier molecular flexibility index (Phi) is 13.7. The highest BCUT2D eigenvalue weighted by atomic mass is 16.5. The first-order valence-electron chi connectivity index (χ1n) is 21.9. The molecule has 6 nitrogen and oxygen atoms in total. The third-order valence-electron chi connectivity index (χ3n) is 15.4. The summed E-state index contributed by atoms with van der Waals surface area (Å²) in [6, 6.07) is 11.5. The zero-order chi connectivity index (χ0) is 38.3. The Morgan fingerprint density at radius 3 is 2.31 bits per heavy atom. The molecule has 0 aliphatic heterocycles. The zero-order valence-electron chi connectivity index (χ0n) is 34.1. The van der Waals surface area contributed by atoms with Crippen LogP contribution >= 0.6 is 0 Å². The summed E-state index contributed by atoms with van der Waals surface area (Å²) in [5, 5.41) is 9.22. The molecule has 5 N–H and O–H groups in total. The maximum atomic E-state index is 11.2. The normalized spacial score (nSPS) is 30.3. The molecule has 0 bridgehead atoms. The van der Waals surface area contributed by atoms with Gasteiger partial charge in [-0.15, -0.1) is 0 Å². The Morgan fingerprint density at radius 2 is 1.56 bits per heavy atom. The van der Waals surface area contributed by atoms with E-state index in [1.54, 1.807) is 12.1 Å². The van der Waals surface area contributed by atoms with E-state index in [0.29, 0.717) is 47.1 Å². The second-order valence-corrected chi connectivity index (χ2v) is 18.8. The van der Waals surface area contributed by atoms with Crippen molar-refractivity contribution in [2.24, 2.45) is 52.3 Å². The van der Waals surface area contributed by atoms with Crippen molar-refractivity contribution >= 4 is 23.4 Å². The number of hydrogen-bond acceptors (Lipinski definition) is 5. The molecule has 0 saturated heterocycles. The molecule has 2 aromatic carbocycles. The molecule has 0 spiro atoms. The van der Waals surface area contributed by atoms with Crippen LogP contribution in [0, 0.1) is 52.3 Å². The average Bonchev–Trinajstić information content (AvgIpc) is 3.50. The molecule has 2 aromatic rings. The van der Waals surface area contributed by atoms with Gasteiger partial charge in [0.05, 0.1) is 18.9 Å². The van der Waals surface area contributed by atoms with Gasteiger partial charge in [0, 0.05) is 11.8 Å². The standard InChI is InChI=1S/C48H72N2O4/c1-33(12-11-13-34(2)40-20-21-41-39-19-17-37-14-7-8-26-47(37,3)42(39)25-27-48(40,41)4)30-36-31-35(16-24-46(51)52)15-22-44(36)53-28-9-5-6-10-29-54-45-23-18-38(49)32-43(45)50/h15-16,18,22-24,31-34,37,39-42H,5-14,17,19-21,25-30,49-50H2,1-4H3,(H,51,52)/t33?,34-,37?,39+,40-,41+,42+,47+,48-/m1/s1. The van der Waals surface area contributed by atoms with Gasteiger partial charge in [-0.1, -0.05) is 65.9 Å². The highest BCUT2D eigenvalue weighted by Crippen LogP contribution is 2.68. The smallest absolute Gasteiger partial charge is 0.328 e. The fraction of sp³-hybridized carbons (Fsp3) is 0.688. The Bertz CT molecular complexity index is 1570. The lowest BCUT2D eigenvalue weighted by Crippen LogP contribution is -2.53. The number of anilines is 2. The van der Waals surface area contributed by atoms with E-state index in [9.17, 15) is 9.90 Å². The fourth-order valence-electron chi connectivity index (χ4n) is 12.5. The van der Waals surface area contributed by atoms with Crippen molar-refractivity contribution in [1.82, 2.24) is 0 Å². The molecule has 0 amide bonds. The molecule has 4 fully saturated rings. The van der Waals surface area contributed by atoms with E-state index in [0.717, 1.165) is 78.9 Å². The lowest BCUT2D eigenvalue weighted by molar-refractivity contribution is -0.131. The van der Waals surface area contributed by atoms with Gasteiger partial charge in [-0.05, 0) is 183 Å². The van der Waals surface area contributed by atoms with Crippen LogP contribution in [-0.2, 0) is 11.2 Å². The number of carbonyl (C=O) groups is 1. The van der Waals surface area contributed by atoms with Gasteiger partial charge in [0.15, 0.2) is 0 Å². The highest BCUT2D eigenvalue weighted by Gasteiger charge is 2.60. The number of fused-ring (bicyclic) bond motifs is 5. The van der Waals surface area contributed by atoms with Crippen LogP contribution in [0.15, 0.2) is 42.5 Å². The van der Waals surface area contributed by atoms with E-state index >= 15 is 0 Å². The third-order valence-corrected chi connectivity index (χ3v) is 15.4. The van der Waals surface area contributed by atoms with Crippen molar-refractivity contribution in [3.63, 3.8) is 0 Å². The Labute approximate surface area is 327 Å². The average molecular weight is 741 g/mol. The van der Waals surface area contributed by atoms with Gasteiger partial charge in [0.25, 0.3) is 0 Å². The minimum atomic E-state index is -0.928.